The van der Waals surface area contributed by atoms with E-state index < -0.39 is 34.8 Å². The number of nitrogens with zero attached hydrogens (tertiary/aromatic N) is 5. The van der Waals surface area contributed by atoms with E-state index in [9.17, 15) is 19.2 Å². The molecule has 3 aromatic rings. The zero-order valence-corrected chi connectivity index (χ0v) is 41.8. The minimum absolute atomic E-state index is 0.0602. The van der Waals surface area contributed by atoms with E-state index >= 15 is 0 Å². The number of nitrogens with one attached hydrogen (secondary N) is 1. The number of hydrogen-bond acceptors (Lipinski definition) is 12. The van der Waals surface area contributed by atoms with Gasteiger partial charge in [0, 0.05) is 55.7 Å². The van der Waals surface area contributed by atoms with Gasteiger partial charge in [0.1, 0.15) is 22.6 Å². The van der Waals surface area contributed by atoms with Gasteiger partial charge in [-0.15, -0.1) is 0 Å². The number of fused-ring (bicyclic) bond motifs is 1. The first-order valence-electron chi connectivity index (χ1n) is 23.3. The lowest BCUT2D eigenvalue weighted by Gasteiger charge is -2.69. The van der Waals surface area contributed by atoms with Crippen molar-refractivity contribution in [3.8, 4) is 11.1 Å². The molecule has 4 aliphatic carbocycles. The van der Waals surface area contributed by atoms with Crippen LogP contribution in [0.15, 0.2) is 30.5 Å². The fourth-order valence-corrected chi connectivity index (χ4v) is 12.2. The van der Waals surface area contributed by atoms with Gasteiger partial charge in [-0.1, -0.05) is 13.8 Å². The highest BCUT2D eigenvalue weighted by Gasteiger charge is 2.66. The maximum Gasteiger partial charge on any atom is 0.412 e. The van der Waals surface area contributed by atoms with Gasteiger partial charge < -0.3 is 33.5 Å². The van der Waals surface area contributed by atoms with Gasteiger partial charge in [0.25, 0.3) is 0 Å². The topological polar surface area (TPSA) is 164 Å². The Labute approximate surface area is 390 Å². The lowest BCUT2D eigenvalue weighted by atomic mass is 9.39. The third-order valence-corrected chi connectivity index (χ3v) is 13.3. The van der Waals surface area contributed by atoms with Crippen molar-refractivity contribution in [3.63, 3.8) is 0 Å². The van der Waals surface area contributed by atoms with Gasteiger partial charge in [-0.05, 0) is 166 Å². The fraction of sp³-hybridized carbons (Fsp3) is 0.647. The SMILES string of the molecule is COC(=O)c1ccc(NC(=O)OC(C)(C)C)c2c1CN(c1ccc(-c3cnn(CC45CC6(C)CC(C)(C4)CC(OCCN(C)C(=O)OC(C)(C)C)(C6)C5)c3C)c(C(=O)OC(C)(C)C)n1)CC2. The van der Waals surface area contributed by atoms with Gasteiger partial charge >= 0.3 is 24.1 Å². The van der Waals surface area contributed by atoms with Gasteiger partial charge in [-0.25, -0.2) is 24.2 Å². The molecule has 66 heavy (non-hydrogen) atoms. The first-order valence-corrected chi connectivity index (χ1v) is 23.3. The number of benzene rings is 1. The number of esters is 2. The van der Waals surface area contributed by atoms with Crippen LogP contribution in [-0.4, -0.2) is 100 Å². The van der Waals surface area contributed by atoms with Crippen LogP contribution in [0.2, 0.25) is 0 Å². The van der Waals surface area contributed by atoms with Crippen molar-refractivity contribution < 1.29 is 42.9 Å². The van der Waals surface area contributed by atoms with Gasteiger partial charge in [-0.3, -0.25) is 10.00 Å². The molecular formula is C51H72N6O9. The van der Waals surface area contributed by atoms with Crippen molar-refractivity contribution >= 4 is 35.6 Å². The normalized spacial score (nSPS) is 24.7. The Kier molecular flexibility index (Phi) is 12.7. The summed E-state index contributed by atoms with van der Waals surface area (Å²) in [6.07, 6.45) is 7.55. The van der Waals surface area contributed by atoms with Crippen LogP contribution in [0.4, 0.5) is 21.1 Å². The second-order valence-electron chi connectivity index (χ2n) is 23.4. The van der Waals surface area contributed by atoms with Crippen LogP contribution in [0, 0.1) is 23.2 Å². The average Bonchev–Trinajstić information content (AvgIpc) is 3.51. The number of aromatic nitrogens is 3. The Morgan fingerprint density at radius 2 is 1.44 bits per heavy atom. The summed E-state index contributed by atoms with van der Waals surface area (Å²) >= 11 is 0. The first kappa shape index (κ1) is 48.7. The van der Waals surface area contributed by atoms with Crippen LogP contribution in [0.25, 0.3) is 11.1 Å². The Hall–Kier alpha value is -5.18. The molecule has 0 spiro atoms. The molecule has 15 heteroatoms. The Morgan fingerprint density at radius 3 is 2.06 bits per heavy atom. The van der Waals surface area contributed by atoms with E-state index in [1.54, 1.807) is 44.9 Å². The Balaban J connectivity index is 1.16. The average molecular weight is 913 g/mol. The third kappa shape index (κ3) is 10.7. The van der Waals surface area contributed by atoms with Crippen LogP contribution < -0.4 is 10.2 Å². The lowest BCUT2D eigenvalue weighted by Crippen LogP contribution is -2.64. The number of ether oxygens (including phenoxy) is 5. The van der Waals surface area contributed by atoms with Crippen molar-refractivity contribution in [3.05, 3.63) is 58.5 Å². The predicted molar refractivity (Wildman–Crippen MR) is 252 cm³/mol. The third-order valence-electron chi connectivity index (χ3n) is 13.3. The molecule has 2 atom stereocenters. The molecule has 5 aliphatic rings. The van der Waals surface area contributed by atoms with Gasteiger partial charge in [0.15, 0.2) is 5.69 Å². The van der Waals surface area contributed by atoms with Crippen LogP contribution >= 0.6 is 0 Å². The molecule has 2 amide bonds. The number of likely N-dealkylation sites (N-methyl/N-ethyl adjacent to an activating group) is 1. The van der Waals surface area contributed by atoms with Crippen LogP contribution in [0.1, 0.15) is 152 Å². The van der Waals surface area contributed by atoms with Crippen molar-refractivity contribution in [2.45, 2.75) is 164 Å². The number of anilines is 2. The maximum absolute atomic E-state index is 14.2. The van der Waals surface area contributed by atoms with Crippen molar-refractivity contribution in [1.82, 2.24) is 19.7 Å². The van der Waals surface area contributed by atoms with E-state index in [0.29, 0.717) is 60.9 Å². The van der Waals surface area contributed by atoms with Crippen LogP contribution in [0.5, 0.6) is 0 Å². The van der Waals surface area contributed by atoms with Gasteiger partial charge in [-0.2, -0.15) is 5.10 Å². The first-order chi connectivity index (χ1) is 30.5. The zero-order valence-electron chi connectivity index (χ0n) is 41.8. The molecule has 4 saturated carbocycles. The van der Waals surface area contributed by atoms with E-state index in [4.69, 9.17) is 33.8 Å². The highest BCUT2D eigenvalue weighted by atomic mass is 16.6. The summed E-state index contributed by atoms with van der Waals surface area (Å²) in [4.78, 5) is 61.5. The summed E-state index contributed by atoms with van der Waals surface area (Å²) < 4.78 is 31.3. The number of pyridine rings is 1. The maximum atomic E-state index is 14.2. The molecule has 1 aromatic carbocycles. The zero-order chi connectivity index (χ0) is 48.4. The molecule has 0 saturated heterocycles. The number of hydrogen-bond donors (Lipinski definition) is 1. The molecule has 4 fully saturated rings. The largest absolute Gasteiger partial charge is 0.465 e. The van der Waals surface area contributed by atoms with E-state index in [1.807, 2.05) is 64.8 Å². The molecule has 15 nitrogen and oxygen atoms in total. The van der Waals surface area contributed by atoms with E-state index in [-0.39, 0.29) is 40.2 Å². The molecule has 1 aliphatic heterocycles. The fourth-order valence-electron chi connectivity index (χ4n) is 12.2. The summed E-state index contributed by atoms with van der Waals surface area (Å²) in [5, 5.41) is 7.88. The standard InChI is InChI=1S/C51H72N6O9/c1-32-36(23-52-57(32)31-50-26-48(11)25-49(12,27-50)29-51(28-48,30-50)63-22-21-55(13)44(61)66-47(8,9)10)34-16-18-39(54-40(34)42(59)64-45(2,3)4)56-20-19-33-37(24-56)35(41(58)62-14)15-17-38(33)53-43(60)65-46(5,6)7/h15-18,23H,19-22,24-31H2,1-14H3,(H,53,60). The van der Waals surface area contributed by atoms with Crippen molar-refractivity contribution in [2.24, 2.45) is 16.2 Å². The molecule has 360 valence electrons. The number of amides is 2. The summed E-state index contributed by atoms with van der Waals surface area (Å²) in [5.41, 5.74) is 2.75. The van der Waals surface area contributed by atoms with Crippen LogP contribution in [-0.2, 0) is 43.2 Å². The second kappa shape index (κ2) is 17.2. The summed E-state index contributed by atoms with van der Waals surface area (Å²) in [5.74, 6) is -0.514. The summed E-state index contributed by atoms with van der Waals surface area (Å²) in [7, 11) is 3.10. The molecular weight excluding hydrogens is 841 g/mol. The van der Waals surface area contributed by atoms with Gasteiger partial charge in [0.2, 0.25) is 0 Å². The Bertz CT molecular complexity index is 2370. The lowest BCUT2D eigenvalue weighted by molar-refractivity contribution is -0.248. The summed E-state index contributed by atoms with van der Waals surface area (Å²) in [6, 6.07) is 7.16. The highest BCUT2D eigenvalue weighted by molar-refractivity contribution is 5.97. The van der Waals surface area contributed by atoms with E-state index in [1.165, 1.54) is 7.11 Å². The molecule has 1 N–H and O–H groups in total. The molecule has 2 aromatic heterocycles. The number of carbonyl (C=O) groups is 4. The van der Waals surface area contributed by atoms with E-state index in [0.717, 1.165) is 55.3 Å². The molecule has 0 radical (unpaired) electrons. The number of methoxy groups -OCH3 is 1. The molecule has 2 unspecified atom stereocenters. The Morgan fingerprint density at radius 1 is 0.788 bits per heavy atom. The predicted octanol–water partition coefficient (Wildman–Crippen LogP) is 9.91. The molecule has 8 rings (SSSR count). The summed E-state index contributed by atoms with van der Waals surface area (Å²) in [6.45, 7) is 25.7. The van der Waals surface area contributed by atoms with Crippen molar-refractivity contribution in [2.75, 3.05) is 44.1 Å². The van der Waals surface area contributed by atoms with E-state index in [2.05, 4.69) is 30.8 Å². The highest BCUT2D eigenvalue weighted by Crippen LogP contribution is 2.72. The second-order valence-corrected chi connectivity index (χ2v) is 23.4. The monoisotopic (exact) mass is 913 g/mol. The molecule has 4 bridgehead atoms. The minimum Gasteiger partial charge on any atom is -0.465 e. The minimum atomic E-state index is -0.782. The smallest absolute Gasteiger partial charge is 0.412 e. The molecule has 3 heterocycles. The number of rotatable bonds is 11. The van der Waals surface area contributed by atoms with Crippen molar-refractivity contribution in [1.29, 1.82) is 0 Å². The number of carbonyl (C=O) groups excluding carboxylic acids is 4. The quantitative estimate of drug-likeness (QED) is 0.143. The van der Waals surface area contributed by atoms with Gasteiger partial charge in [0.05, 0.1) is 31.1 Å². The van der Waals surface area contributed by atoms with Crippen LogP contribution in [0.3, 0.4) is 0 Å².